The Kier molecular flexibility index (Phi) is 3.37. The highest BCUT2D eigenvalue weighted by molar-refractivity contribution is 5.75. The summed E-state index contributed by atoms with van der Waals surface area (Å²) in [6, 6.07) is 10.6. The Balaban J connectivity index is 1.89. The molecule has 21 heavy (non-hydrogen) atoms. The highest BCUT2D eigenvalue weighted by Crippen LogP contribution is 2.26. The smallest absolute Gasteiger partial charge is 0.153 e. The summed E-state index contributed by atoms with van der Waals surface area (Å²) in [6.07, 6.45) is -0.235. The fourth-order valence-electron chi connectivity index (χ4n) is 2.27. The minimum atomic E-state index is -0.277. The molecule has 0 aliphatic rings. The van der Waals surface area contributed by atoms with Gasteiger partial charge in [-0.1, -0.05) is 12.1 Å². The van der Waals surface area contributed by atoms with Crippen LogP contribution in [0.25, 0.3) is 11.0 Å². The van der Waals surface area contributed by atoms with Crippen molar-refractivity contribution in [1.29, 1.82) is 0 Å². The molecule has 0 aliphatic heterocycles. The molecule has 0 fully saturated rings. The quantitative estimate of drug-likeness (QED) is 0.771. The van der Waals surface area contributed by atoms with Crippen LogP contribution < -0.4 is 4.74 Å². The molecule has 108 valence electrons. The number of imidazole rings is 1. The molecule has 1 aromatic heterocycles. The number of hydrogen-bond donors (Lipinski definition) is 1. The monoisotopic (exact) mass is 284 g/mol. The molecule has 0 saturated carbocycles. The molecular formula is C17H17FN2O. The summed E-state index contributed by atoms with van der Waals surface area (Å²) in [5.41, 5.74) is 3.65. The molecule has 0 aliphatic carbocycles. The van der Waals surface area contributed by atoms with E-state index in [4.69, 9.17) is 4.74 Å². The molecule has 1 atom stereocenters. The number of fused-ring (bicyclic) bond motifs is 1. The van der Waals surface area contributed by atoms with Gasteiger partial charge in [0.2, 0.25) is 0 Å². The van der Waals surface area contributed by atoms with E-state index in [2.05, 4.69) is 16.0 Å². The zero-order valence-corrected chi connectivity index (χ0v) is 12.3. The molecule has 3 aromatic rings. The van der Waals surface area contributed by atoms with Crippen LogP contribution in [0.4, 0.5) is 4.39 Å². The number of rotatable bonds is 3. The summed E-state index contributed by atoms with van der Waals surface area (Å²) in [5.74, 6) is 1.26. The number of aromatic amines is 1. The standard InChI is InChI=1S/C17H17FN2O/c1-10-4-5-11(2)16(8-10)21-12(3)17-19-14-7-6-13(18)9-15(14)20-17/h4-9,12H,1-3H3,(H,19,20)/t12-/m1/s1. The van der Waals surface area contributed by atoms with Crippen LogP contribution in [0.1, 0.15) is 30.0 Å². The molecule has 0 unspecified atom stereocenters. The lowest BCUT2D eigenvalue weighted by molar-refractivity contribution is 0.216. The lowest BCUT2D eigenvalue weighted by Crippen LogP contribution is -2.06. The Hall–Kier alpha value is -2.36. The Morgan fingerprint density at radius 2 is 1.95 bits per heavy atom. The highest BCUT2D eigenvalue weighted by Gasteiger charge is 2.14. The van der Waals surface area contributed by atoms with Gasteiger partial charge in [0.05, 0.1) is 11.0 Å². The molecule has 0 amide bonds. The molecular weight excluding hydrogens is 267 g/mol. The zero-order valence-electron chi connectivity index (χ0n) is 12.3. The van der Waals surface area contributed by atoms with Gasteiger partial charge in [0.1, 0.15) is 17.4 Å². The van der Waals surface area contributed by atoms with Gasteiger partial charge in [-0.25, -0.2) is 9.37 Å². The van der Waals surface area contributed by atoms with E-state index in [1.165, 1.54) is 12.1 Å². The summed E-state index contributed by atoms with van der Waals surface area (Å²) in [7, 11) is 0. The Bertz CT molecular complexity index is 795. The lowest BCUT2D eigenvalue weighted by Gasteiger charge is -2.15. The summed E-state index contributed by atoms with van der Waals surface area (Å²) < 4.78 is 19.2. The lowest BCUT2D eigenvalue weighted by atomic mass is 10.1. The van der Waals surface area contributed by atoms with Crippen LogP contribution in [0.3, 0.4) is 0 Å². The Morgan fingerprint density at radius 1 is 1.14 bits per heavy atom. The molecule has 1 heterocycles. The van der Waals surface area contributed by atoms with Crippen molar-refractivity contribution in [1.82, 2.24) is 9.97 Å². The number of nitrogens with zero attached hydrogens (tertiary/aromatic N) is 1. The van der Waals surface area contributed by atoms with Crippen LogP contribution in [-0.4, -0.2) is 9.97 Å². The Labute approximate surface area is 122 Å². The van der Waals surface area contributed by atoms with E-state index in [-0.39, 0.29) is 11.9 Å². The van der Waals surface area contributed by atoms with Gasteiger partial charge in [-0.3, -0.25) is 0 Å². The minimum Gasteiger partial charge on any atom is -0.483 e. The zero-order chi connectivity index (χ0) is 15.0. The molecule has 0 spiro atoms. The molecule has 0 bridgehead atoms. The molecule has 3 nitrogen and oxygen atoms in total. The van der Waals surface area contributed by atoms with Crippen molar-refractivity contribution < 1.29 is 9.13 Å². The van der Waals surface area contributed by atoms with Gasteiger partial charge in [-0.05, 0) is 56.2 Å². The van der Waals surface area contributed by atoms with Crippen molar-refractivity contribution in [2.45, 2.75) is 26.9 Å². The van der Waals surface area contributed by atoms with Gasteiger partial charge < -0.3 is 9.72 Å². The SMILES string of the molecule is Cc1ccc(C)c(O[C@H](C)c2nc3ccc(F)cc3[nH]2)c1. The Morgan fingerprint density at radius 3 is 2.76 bits per heavy atom. The van der Waals surface area contributed by atoms with Crippen molar-refractivity contribution >= 4 is 11.0 Å². The molecule has 1 N–H and O–H groups in total. The number of nitrogens with one attached hydrogen (secondary N) is 1. The van der Waals surface area contributed by atoms with Crippen LogP contribution in [0.5, 0.6) is 5.75 Å². The topological polar surface area (TPSA) is 37.9 Å². The van der Waals surface area contributed by atoms with Gasteiger partial charge in [-0.2, -0.15) is 0 Å². The van der Waals surface area contributed by atoms with Crippen LogP contribution in [0.2, 0.25) is 0 Å². The summed E-state index contributed by atoms with van der Waals surface area (Å²) in [5, 5.41) is 0. The van der Waals surface area contributed by atoms with E-state index in [1.54, 1.807) is 6.07 Å². The predicted octanol–water partition coefficient (Wildman–Crippen LogP) is 4.46. The molecule has 0 saturated heterocycles. The van der Waals surface area contributed by atoms with Gasteiger partial charge in [-0.15, -0.1) is 0 Å². The number of halogens is 1. The van der Waals surface area contributed by atoms with E-state index >= 15 is 0 Å². The van der Waals surface area contributed by atoms with E-state index in [9.17, 15) is 4.39 Å². The maximum Gasteiger partial charge on any atom is 0.153 e. The largest absolute Gasteiger partial charge is 0.483 e. The first kappa shape index (κ1) is 13.6. The fraction of sp³-hybridized carbons (Fsp3) is 0.235. The van der Waals surface area contributed by atoms with Crippen molar-refractivity contribution in [2.24, 2.45) is 0 Å². The number of hydrogen-bond acceptors (Lipinski definition) is 2. The minimum absolute atomic E-state index is 0.235. The normalized spacial score (nSPS) is 12.6. The summed E-state index contributed by atoms with van der Waals surface area (Å²) >= 11 is 0. The third-order valence-electron chi connectivity index (χ3n) is 3.49. The third-order valence-corrected chi connectivity index (χ3v) is 3.49. The maximum absolute atomic E-state index is 13.2. The molecule has 0 radical (unpaired) electrons. The second-order valence-corrected chi connectivity index (χ2v) is 5.31. The first-order valence-electron chi connectivity index (χ1n) is 6.92. The van der Waals surface area contributed by atoms with Crippen LogP contribution in [-0.2, 0) is 0 Å². The molecule has 4 heteroatoms. The molecule has 3 rings (SSSR count). The van der Waals surface area contributed by atoms with E-state index < -0.39 is 0 Å². The number of ether oxygens (including phenoxy) is 1. The second kappa shape index (κ2) is 5.20. The number of aromatic nitrogens is 2. The summed E-state index contributed by atoms with van der Waals surface area (Å²) in [6.45, 7) is 5.96. The van der Waals surface area contributed by atoms with Crippen molar-refractivity contribution in [2.75, 3.05) is 0 Å². The van der Waals surface area contributed by atoms with Crippen LogP contribution >= 0.6 is 0 Å². The second-order valence-electron chi connectivity index (χ2n) is 5.31. The van der Waals surface area contributed by atoms with Crippen molar-refractivity contribution in [3.05, 3.63) is 59.2 Å². The summed E-state index contributed by atoms with van der Waals surface area (Å²) in [4.78, 5) is 7.57. The predicted molar refractivity (Wildman–Crippen MR) is 81.0 cm³/mol. The average Bonchev–Trinajstić information content (AvgIpc) is 2.86. The number of H-pyrrole nitrogens is 1. The van der Waals surface area contributed by atoms with E-state index in [1.807, 2.05) is 32.9 Å². The number of aryl methyl sites for hydroxylation is 2. The van der Waals surface area contributed by atoms with E-state index in [0.717, 1.165) is 22.4 Å². The van der Waals surface area contributed by atoms with Gasteiger partial charge in [0.15, 0.2) is 6.10 Å². The first-order chi connectivity index (χ1) is 10.0. The van der Waals surface area contributed by atoms with Crippen molar-refractivity contribution in [3.8, 4) is 5.75 Å². The van der Waals surface area contributed by atoms with E-state index in [0.29, 0.717) is 11.3 Å². The molecule has 2 aromatic carbocycles. The van der Waals surface area contributed by atoms with Gasteiger partial charge in [0.25, 0.3) is 0 Å². The van der Waals surface area contributed by atoms with Gasteiger partial charge >= 0.3 is 0 Å². The highest BCUT2D eigenvalue weighted by atomic mass is 19.1. The number of benzene rings is 2. The average molecular weight is 284 g/mol. The third kappa shape index (κ3) is 2.75. The van der Waals surface area contributed by atoms with Crippen molar-refractivity contribution in [3.63, 3.8) is 0 Å². The van der Waals surface area contributed by atoms with Crippen LogP contribution in [0, 0.1) is 19.7 Å². The fourth-order valence-corrected chi connectivity index (χ4v) is 2.27. The van der Waals surface area contributed by atoms with Crippen LogP contribution in [0.15, 0.2) is 36.4 Å². The van der Waals surface area contributed by atoms with Gasteiger partial charge in [0, 0.05) is 0 Å². The maximum atomic E-state index is 13.2. The first-order valence-corrected chi connectivity index (χ1v) is 6.92.